The molecule has 7 fully saturated rings. The fourth-order valence-electron chi connectivity index (χ4n) is 7.46. The van der Waals surface area contributed by atoms with Gasteiger partial charge >= 0.3 is 0 Å². The van der Waals surface area contributed by atoms with Crippen LogP contribution in [0.25, 0.3) is 0 Å². The molecule has 30 heavy (non-hydrogen) atoms. The van der Waals surface area contributed by atoms with Gasteiger partial charge in [-0.25, -0.2) is 9.97 Å². The van der Waals surface area contributed by atoms with E-state index >= 15 is 0 Å². The molecule has 2 N–H and O–H groups in total. The summed E-state index contributed by atoms with van der Waals surface area (Å²) in [4.78, 5) is 25.1. The van der Waals surface area contributed by atoms with Crippen molar-refractivity contribution in [1.29, 1.82) is 0 Å². The number of carbonyl (C=O) groups excluding carboxylic acids is 1. The minimum Gasteiger partial charge on any atom is -0.390 e. The van der Waals surface area contributed by atoms with Gasteiger partial charge in [0.05, 0.1) is 35.6 Å². The van der Waals surface area contributed by atoms with Crippen LogP contribution in [0.5, 0.6) is 0 Å². The number of nitrogens with one attached hydrogen (secondary N) is 1. The zero-order valence-corrected chi connectivity index (χ0v) is 17.3. The zero-order valence-electron chi connectivity index (χ0n) is 17.3. The highest BCUT2D eigenvalue weighted by Crippen LogP contribution is 2.55. The van der Waals surface area contributed by atoms with Crippen molar-refractivity contribution in [2.24, 2.45) is 17.8 Å². The molecule has 1 aromatic rings. The zero-order chi connectivity index (χ0) is 20.0. The molecule has 3 heterocycles. The van der Waals surface area contributed by atoms with Gasteiger partial charge in [0.2, 0.25) is 5.95 Å². The molecule has 7 heteroatoms. The van der Waals surface area contributed by atoms with Crippen LogP contribution < -0.4 is 10.2 Å². The summed E-state index contributed by atoms with van der Waals surface area (Å²) in [5.74, 6) is 2.61. The Balaban J connectivity index is 1.14. The minimum atomic E-state index is -0.472. The number of hydrogen-bond donors (Lipinski definition) is 2. The molecule has 1 amide bonds. The smallest absolute Gasteiger partial charge is 0.254 e. The number of aromatic nitrogens is 2. The van der Waals surface area contributed by atoms with Crippen LogP contribution in [0.2, 0.25) is 0 Å². The van der Waals surface area contributed by atoms with Crippen LogP contribution >= 0.6 is 0 Å². The first-order valence-electron chi connectivity index (χ1n) is 11.8. The number of nitrogens with zero attached hydrogens (tertiary/aromatic N) is 3. The first-order chi connectivity index (χ1) is 14.5. The van der Waals surface area contributed by atoms with Crippen LogP contribution in [-0.4, -0.2) is 57.9 Å². The average molecular weight is 411 g/mol. The van der Waals surface area contributed by atoms with Gasteiger partial charge in [0, 0.05) is 24.7 Å². The van der Waals surface area contributed by atoms with E-state index in [1.165, 1.54) is 0 Å². The van der Waals surface area contributed by atoms with Crippen LogP contribution in [0.3, 0.4) is 0 Å². The van der Waals surface area contributed by atoms with Gasteiger partial charge in [0.15, 0.2) is 0 Å². The van der Waals surface area contributed by atoms with Crippen molar-refractivity contribution in [3.63, 3.8) is 0 Å². The molecule has 7 aliphatic rings. The lowest BCUT2D eigenvalue weighted by atomic mass is 9.52. The number of carbonyl (C=O) groups is 1. The molecule has 0 radical (unpaired) electrons. The van der Waals surface area contributed by atoms with Gasteiger partial charge in [0.1, 0.15) is 0 Å². The fraction of sp³-hybridized carbons (Fsp3) is 0.783. The number of rotatable bonds is 4. The predicted octanol–water partition coefficient (Wildman–Crippen LogP) is 2.00. The molecule has 0 spiro atoms. The van der Waals surface area contributed by atoms with Gasteiger partial charge in [-0.1, -0.05) is 0 Å². The second-order valence-electron chi connectivity index (χ2n) is 10.9. The standard InChI is InChI=1S/C23H30N4O3/c28-21(25-19-14-3-12-4-15(19)8-23(29,6-12)7-14)18-9-24-22(26-20(18)13-1-2-13)27-10-17-5-16(27)11-30-17/h9,12-17,19,29H,1-8,10-11H2,(H,25,28)/t12?,14?,15?,16-,17-,19?,23?/m1/s1. The Morgan fingerprint density at radius 3 is 2.63 bits per heavy atom. The molecular weight excluding hydrogens is 380 g/mol. The lowest BCUT2D eigenvalue weighted by molar-refractivity contribution is -0.136. The maximum absolute atomic E-state index is 13.3. The van der Waals surface area contributed by atoms with E-state index in [0.717, 1.165) is 76.2 Å². The predicted molar refractivity (Wildman–Crippen MR) is 109 cm³/mol. The van der Waals surface area contributed by atoms with Crippen molar-refractivity contribution in [3.8, 4) is 0 Å². The molecule has 6 bridgehead atoms. The van der Waals surface area contributed by atoms with Gasteiger partial charge in [-0.2, -0.15) is 0 Å². The lowest BCUT2D eigenvalue weighted by Crippen LogP contribution is -2.61. The van der Waals surface area contributed by atoms with Crippen molar-refractivity contribution in [3.05, 3.63) is 17.5 Å². The van der Waals surface area contributed by atoms with Crippen molar-refractivity contribution in [2.45, 2.75) is 81.1 Å². The molecule has 2 saturated heterocycles. The molecular formula is C23H30N4O3. The van der Waals surface area contributed by atoms with Crippen molar-refractivity contribution in [1.82, 2.24) is 15.3 Å². The lowest BCUT2D eigenvalue weighted by Gasteiger charge is -2.58. The number of anilines is 1. The normalized spacial score (nSPS) is 43.4. The van der Waals surface area contributed by atoms with Gasteiger partial charge in [-0.3, -0.25) is 4.79 Å². The highest BCUT2D eigenvalue weighted by molar-refractivity contribution is 5.95. The summed E-state index contributed by atoms with van der Waals surface area (Å²) >= 11 is 0. The summed E-state index contributed by atoms with van der Waals surface area (Å²) in [6, 6.07) is 0.563. The summed E-state index contributed by atoms with van der Waals surface area (Å²) in [6.07, 6.45) is 10.3. The largest absolute Gasteiger partial charge is 0.390 e. The van der Waals surface area contributed by atoms with Crippen molar-refractivity contribution >= 4 is 11.9 Å². The first-order valence-corrected chi connectivity index (χ1v) is 11.8. The molecule has 2 unspecified atom stereocenters. The van der Waals surface area contributed by atoms with Crippen molar-refractivity contribution < 1.29 is 14.6 Å². The number of fused-ring (bicyclic) bond motifs is 2. The van der Waals surface area contributed by atoms with E-state index in [1.807, 2.05) is 0 Å². The molecule has 1 aromatic heterocycles. The van der Waals surface area contributed by atoms with Crippen LogP contribution in [0.4, 0.5) is 5.95 Å². The molecule has 2 aliphatic heterocycles. The Hall–Kier alpha value is -1.73. The quantitative estimate of drug-likeness (QED) is 0.790. The maximum atomic E-state index is 13.3. The van der Waals surface area contributed by atoms with E-state index < -0.39 is 5.60 Å². The van der Waals surface area contributed by atoms with Crippen LogP contribution in [0.1, 0.15) is 73.3 Å². The topological polar surface area (TPSA) is 87.6 Å². The molecule has 0 aromatic carbocycles. The van der Waals surface area contributed by atoms with E-state index in [1.54, 1.807) is 6.20 Å². The highest BCUT2D eigenvalue weighted by atomic mass is 16.5. The van der Waals surface area contributed by atoms with Crippen LogP contribution in [-0.2, 0) is 4.74 Å². The Labute approximate surface area is 176 Å². The summed E-state index contributed by atoms with van der Waals surface area (Å²) in [5, 5.41) is 14.2. The minimum absolute atomic E-state index is 0.0146. The monoisotopic (exact) mass is 410 g/mol. The van der Waals surface area contributed by atoms with E-state index in [0.29, 0.717) is 41.4 Å². The van der Waals surface area contributed by atoms with Crippen molar-refractivity contribution in [2.75, 3.05) is 18.1 Å². The Morgan fingerprint density at radius 2 is 2.00 bits per heavy atom. The van der Waals surface area contributed by atoms with Crippen LogP contribution in [0, 0.1) is 17.8 Å². The Morgan fingerprint density at radius 1 is 1.20 bits per heavy atom. The van der Waals surface area contributed by atoms with E-state index in [2.05, 4.69) is 15.2 Å². The number of hydrogen-bond acceptors (Lipinski definition) is 6. The molecule has 5 saturated carbocycles. The summed E-state index contributed by atoms with van der Waals surface area (Å²) in [6.45, 7) is 1.61. The Kier molecular flexibility index (Phi) is 3.68. The summed E-state index contributed by atoms with van der Waals surface area (Å²) in [7, 11) is 0. The molecule has 4 atom stereocenters. The number of amides is 1. The van der Waals surface area contributed by atoms with E-state index in [4.69, 9.17) is 9.72 Å². The maximum Gasteiger partial charge on any atom is 0.254 e. The van der Waals surface area contributed by atoms with Gasteiger partial charge in [0.25, 0.3) is 5.91 Å². The molecule has 160 valence electrons. The highest BCUT2D eigenvalue weighted by Gasteiger charge is 2.55. The van der Waals surface area contributed by atoms with Gasteiger partial charge in [-0.15, -0.1) is 0 Å². The van der Waals surface area contributed by atoms with Gasteiger partial charge < -0.3 is 20.1 Å². The third kappa shape index (κ3) is 2.74. The Bertz CT molecular complexity index is 886. The molecule has 8 rings (SSSR count). The molecule has 5 aliphatic carbocycles. The summed E-state index contributed by atoms with van der Waals surface area (Å²) < 4.78 is 5.71. The van der Waals surface area contributed by atoms with E-state index in [9.17, 15) is 9.90 Å². The van der Waals surface area contributed by atoms with E-state index in [-0.39, 0.29) is 11.9 Å². The molecule has 7 nitrogen and oxygen atoms in total. The second kappa shape index (κ2) is 6.16. The third-order valence-corrected chi connectivity index (χ3v) is 8.71. The number of aliphatic hydroxyl groups is 1. The first kappa shape index (κ1) is 17.9. The van der Waals surface area contributed by atoms with Gasteiger partial charge in [-0.05, 0) is 69.1 Å². The average Bonchev–Trinajstić information content (AvgIpc) is 3.35. The number of ether oxygens (including phenoxy) is 1. The third-order valence-electron chi connectivity index (χ3n) is 8.71. The number of morpholine rings is 1. The SMILES string of the molecule is O=C(NC1C2CC3CC1CC(O)(C3)C2)c1cnc(N2C[C@H]3C[C@@H]2CO3)nc1C1CC1. The fourth-order valence-corrected chi connectivity index (χ4v) is 7.46. The van der Waals surface area contributed by atoms with Crippen LogP contribution in [0.15, 0.2) is 6.20 Å². The second-order valence-corrected chi connectivity index (χ2v) is 10.9. The summed E-state index contributed by atoms with van der Waals surface area (Å²) in [5.41, 5.74) is 1.12.